The minimum atomic E-state index is -3.65. The normalized spacial score (nSPS) is 14.7. The van der Waals surface area contributed by atoms with Gasteiger partial charge in [-0.1, -0.05) is 41.9 Å². The summed E-state index contributed by atoms with van der Waals surface area (Å²) in [6.07, 6.45) is 1.59. The number of aryl methyl sites for hydroxylation is 1. The van der Waals surface area contributed by atoms with Gasteiger partial charge in [0, 0.05) is 49.9 Å². The van der Waals surface area contributed by atoms with Crippen molar-refractivity contribution >= 4 is 38.2 Å². The molecule has 0 radical (unpaired) electrons. The van der Waals surface area contributed by atoms with Gasteiger partial charge in [-0.3, -0.25) is 14.7 Å². The number of aromatic nitrogens is 1. The minimum absolute atomic E-state index is 0.0852. The SMILES string of the molecule is Cc1cc(C(=O)N2CCN(Cc3ccc(Cl)c(F)c3)CC2)ccc1CS(=O)(=O)c1cccc2cccnc12. The lowest BCUT2D eigenvalue weighted by Crippen LogP contribution is -2.48. The Hall–Kier alpha value is -3.33. The van der Waals surface area contributed by atoms with Crippen LogP contribution in [0.15, 0.2) is 77.8 Å². The first-order chi connectivity index (χ1) is 18.2. The molecule has 4 aromatic rings. The van der Waals surface area contributed by atoms with Crippen LogP contribution in [-0.4, -0.2) is 55.3 Å². The van der Waals surface area contributed by atoms with E-state index in [4.69, 9.17) is 11.6 Å². The summed E-state index contributed by atoms with van der Waals surface area (Å²) < 4.78 is 40.3. The number of fused-ring (bicyclic) bond motifs is 1. The molecule has 196 valence electrons. The van der Waals surface area contributed by atoms with Gasteiger partial charge in [-0.2, -0.15) is 0 Å². The standard InChI is InChI=1S/C29H27ClFN3O3S/c1-20-16-23(29(35)34-14-12-33(13-15-34)18-21-7-10-25(30)26(31)17-21)8-9-24(20)19-38(36,37)27-6-2-4-22-5-3-11-32-28(22)27/h2-11,16-17H,12-15,18-19H2,1H3. The van der Waals surface area contributed by atoms with Gasteiger partial charge >= 0.3 is 0 Å². The van der Waals surface area contributed by atoms with E-state index >= 15 is 0 Å². The van der Waals surface area contributed by atoms with Gasteiger partial charge in [0.15, 0.2) is 9.84 Å². The second-order valence-corrected chi connectivity index (χ2v) is 11.9. The van der Waals surface area contributed by atoms with Gasteiger partial charge in [-0.05, 0) is 60.0 Å². The van der Waals surface area contributed by atoms with E-state index in [2.05, 4.69) is 9.88 Å². The second kappa shape index (κ2) is 10.8. The third kappa shape index (κ3) is 5.57. The molecule has 1 aromatic heterocycles. The van der Waals surface area contributed by atoms with Crippen LogP contribution < -0.4 is 0 Å². The van der Waals surface area contributed by atoms with Crippen molar-refractivity contribution in [3.63, 3.8) is 0 Å². The maximum atomic E-state index is 13.8. The van der Waals surface area contributed by atoms with E-state index in [1.165, 1.54) is 6.07 Å². The molecule has 0 atom stereocenters. The van der Waals surface area contributed by atoms with Crippen LogP contribution in [0.1, 0.15) is 27.0 Å². The Labute approximate surface area is 226 Å². The van der Waals surface area contributed by atoms with Crippen LogP contribution in [0.5, 0.6) is 0 Å². The highest BCUT2D eigenvalue weighted by atomic mass is 35.5. The molecule has 0 saturated carbocycles. The molecule has 0 unspecified atom stereocenters. The van der Waals surface area contributed by atoms with Crippen molar-refractivity contribution in [3.8, 4) is 0 Å². The van der Waals surface area contributed by atoms with E-state index < -0.39 is 15.7 Å². The number of sulfone groups is 1. The Bertz CT molecular complexity index is 1610. The molecule has 1 fully saturated rings. The van der Waals surface area contributed by atoms with Crippen LogP contribution in [0, 0.1) is 12.7 Å². The predicted molar refractivity (Wildman–Crippen MR) is 146 cm³/mol. The van der Waals surface area contributed by atoms with E-state index in [0.29, 0.717) is 49.4 Å². The first-order valence-corrected chi connectivity index (χ1v) is 14.4. The second-order valence-electron chi connectivity index (χ2n) is 9.55. The summed E-state index contributed by atoms with van der Waals surface area (Å²) in [6, 6.07) is 18.8. The number of piperazine rings is 1. The Morgan fingerprint density at radius 2 is 1.76 bits per heavy atom. The number of hydrogen-bond acceptors (Lipinski definition) is 5. The maximum Gasteiger partial charge on any atom is 0.253 e. The van der Waals surface area contributed by atoms with Crippen LogP contribution >= 0.6 is 11.6 Å². The van der Waals surface area contributed by atoms with E-state index in [1.54, 1.807) is 53.6 Å². The molecule has 2 heterocycles. The molecular formula is C29H27ClFN3O3S. The number of carbonyl (C=O) groups excluding carboxylic acids is 1. The zero-order chi connectivity index (χ0) is 26.9. The minimum Gasteiger partial charge on any atom is -0.336 e. The number of amides is 1. The summed E-state index contributed by atoms with van der Waals surface area (Å²) in [4.78, 5) is 21.6. The molecule has 6 nitrogen and oxygen atoms in total. The van der Waals surface area contributed by atoms with Crippen LogP contribution in [0.2, 0.25) is 5.02 Å². The van der Waals surface area contributed by atoms with Gasteiger partial charge in [0.05, 0.1) is 21.2 Å². The van der Waals surface area contributed by atoms with Crippen molar-refractivity contribution in [1.82, 2.24) is 14.8 Å². The summed E-state index contributed by atoms with van der Waals surface area (Å²) in [5, 5.41) is 0.875. The molecule has 3 aromatic carbocycles. The monoisotopic (exact) mass is 551 g/mol. The van der Waals surface area contributed by atoms with E-state index in [1.807, 2.05) is 25.1 Å². The first-order valence-electron chi connectivity index (χ1n) is 12.3. The van der Waals surface area contributed by atoms with Crippen LogP contribution in [0.4, 0.5) is 4.39 Å². The third-order valence-corrected chi connectivity index (χ3v) is 8.91. The molecular weight excluding hydrogens is 525 g/mol. The van der Waals surface area contributed by atoms with Crippen molar-refractivity contribution < 1.29 is 17.6 Å². The molecule has 0 spiro atoms. The molecule has 1 amide bonds. The van der Waals surface area contributed by atoms with Crippen molar-refractivity contribution in [1.29, 1.82) is 0 Å². The molecule has 1 aliphatic heterocycles. The number of para-hydroxylation sites is 1. The summed E-state index contributed by atoms with van der Waals surface area (Å²) >= 11 is 5.77. The molecule has 0 N–H and O–H groups in total. The molecule has 0 bridgehead atoms. The van der Waals surface area contributed by atoms with Crippen LogP contribution in [-0.2, 0) is 22.1 Å². The highest BCUT2D eigenvalue weighted by molar-refractivity contribution is 7.90. The lowest BCUT2D eigenvalue weighted by Gasteiger charge is -2.35. The van der Waals surface area contributed by atoms with Crippen molar-refractivity contribution in [2.75, 3.05) is 26.2 Å². The fourth-order valence-corrected chi connectivity index (χ4v) is 6.55. The first kappa shape index (κ1) is 26.3. The van der Waals surface area contributed by atoms with Crippen molar-refractivity contribution in [2.45, 2.75) is 24.1 Å². The van der Waals surface area contributed by atoms with Gasteiger partial charge < -0.3 is 4.90 Å². The highest BCUT2D eigenvalue weighted by Crippen LogP contribution is 2.26. The zero-order valence-corrected chi connectivity index (χ0v) is 22.5. The van der Waals surface area contributed by atoms with Crippen LogP contribution in [0.3, 0.4) is 0 Å². The number of pyridine rings is 1. The quantitative estimate of drug-likeness (QED) is 0.326. The fourth-order valence-electron chi connectivity index (χ4n) is 4.79. The number of hydrogen-bond donors (Lipinski definition) is 0. The lowest BCUT2D eigenvalue weighted by molar-refractivity contribution is 0.0628. The van der Waals surface area contributed by atoms with E-state index in [9.17, 15) is 17.6 Å². The number of nitrogens with zero attached hydrogens (tertiary/aromatic N) is 3. The van der Waals surface area contributed by atoms with E-state index in [-0.39, 0.29) is 21.6 Å². The van der Waals surface area contributed by atoms with Gasteiger partial charge in [0.2, 0.25) is 0 Å². The fraction of sp³-hybridized carbons (Fsp3) is 0.241. The number of halogens is 2. The lowest BCUT2D eigenvalue weighted by atomic mass is 10.1. The summed E-state index contributed by atoms with van der Waals surface area (Å²) in [5.74, 6) is -0.691. The largest absolute Gasteiger partial charge is 0.336 e. The summed E-state index contributed by atoms with van der Waals surface area (Å²) in [6.45, 7) is 4.86. The van der Waals surface area contributed by atoms with Crippen LogP contribution in [0.25, 0.3) is 10.9 Å². The molecule has 1 aliphatic rings. The average Bonchev–Trinajstić information content (AvgIpc) is 2.91. The Kier molecular flexibility index (Phi) is 7.47. The van der Waals surface area contributed by atoms with E-state index in [0.717, 1.165) is 16.5 Å². The molecule has 0 aliphatic carbocycles. The summed E-state index contributed by atoms with van der Waals surface area (Å²) in [5.41, 5.74) is 3.22. The van der Waals surface area contributed by atoms with Crippen molar-refractivity contribution in [2.24, 2.45) is 0 Å². The summed E-state index contributed by atoms with van der Waals surface area (Å²) in [7, 11) is -3.65. The van der Waals surface area contributed by atoms with Crippen molar-refractivity contribution in [3.05, 3.63) is 106 Å². The van der Waals surface area contributed by atoms with Gasteiger partial charge in [-0.25, -0.2) is 12.8 Å². The Morgan fingerprint density at radius 1 is 1.00 bits per heavy atom. The van der Waals surface area contributed by atoms with Gasteiger partial charge in [0.25, 0.3) is 5.91 Å². The molecule has 38 heavy (non-hydrogen) atoms. The van der Waals surface area contributed by atoms with Gasteiger partial charge in [0.1, 0.15) is 5.82 Å². The molecule has 1 saturated heterocycles. The Morgan fingerprint density at radius 3 is 2.50 bits per heavy atom. The smallest absolute Gasteiger partial charge is 0.253 e. The zero-order valence-electron chi connectivity index (χ0n) is 20.9. The number of rotatable bonds is 6. The molecule has 9 heteroatoms. The maximum absolute atomic E-state index is 13.8. The average molecular weight is 552 g/mol. The van der Waals surface area contributed by atoms with Gasteiger partial charge in [-0.15, -0.1) is 0 Å². The predicted octanol–water partition coefficient (Wildman–Crippen LogP) is 5.27. The highest BCUT2D eigenvalue weighted by Gasteiger charge is 2.24. The Balaban J connectivity index is 1.24. The third-order valence-electron chi connectivity index (χ3n) is 6.92. The number of carbonyl (C=O) groups is 1. The molecule has 5 rings (SSSR count). The number of benzene rings is 3. The topological polar surface area (TPSA) is 70.6 Å².